The van der Waals surface area contributed by atoms with Crippen LogP contribution in [0.25, 0.3) is 11.1 Å². The fourth-order valence-electron chi connectivity index (χ4n) is 5.27. The number of nitrogens with zero attached hydrogens (tertiary/aromatic N) is 3. The minimum Gasteiger partial charge on any atom is -0.369 e. The van der Waals surface area contributed by atoms with Gasteiger partial charge in [-0.05, 0) is 48.2 Å². The van der Waals surface area contributed by atoms with Crippen molar-refractivity contribution in [3.63, 3.8) is 0 Å². The average Bonchev–Trinajstić information content (AvgIpc) is 2.93. The Morgan fingerprint density at radius 3 is 1.93 bits per heavy atom. The number of carbonyl (C=O) groups is 1. The van der Waals surface area contributed by atoms with E-state index in [9.17, 15) is 36.2 Å². The van der Waals surface area contributed by atoms with Gasteiger partial charge in [0.25, 0.3) is 5.60 Å². The lowest BCUT2D eigenvalue weighted by Crippen LogP contribution is -2.53. The quantitative estimate of drug-likeness (QED) is 0.307. The number of halogens is 6. The van der Waals surface area contributed by atoms with Crippen LogP contribution in [0.1, 0.15) is 37.0 Å². The Balaban J connectivity index is 1.47. The molecule has 0 radical (unpaired) electrons. The van der Waals surface area contributed by atoms with Gasteiger partial charge in [-0.15, -0.1) is 0 Å². The number of hydrogen-bond donors (Lipinski definition) is 2. The van der Waals surface area contributed by atoms with Gasteiger partial charge in [0.2, 0.25) is 5.91 Å². The third-order valence-corrected chi connectivity index (χ3v) is 7.51. The second-order valence-corrected chi connectivity index (χ2v) is 11.1. The highest BCUT2D eigenvalue weighted by molar-refractivity contribution is 5.76. The number of aliphatic hydroxyl groups is 1. The van der Waals surface area contributed by atoms with E-state index < -0.39 is 23.5 Å². The molecular formula is C31H34F6N4O2. The van der Waals surface area contributed by atoms with Crippen LogP contribution in [0.2, 0.25) is 0 Å². The lowest BCUT2D eigenvalue weighted by atomic mass is 9.90. The van der Waals surface area contributed by atoms with Crippen molar-refractivity contribution in [2.75, 3.05) is 19.6 Å². The molecule has 0 saturated carbocycles. The van der Waals surface area contributed by atoms with Crippen molar-refractivity contribution in [2.45, 2.75) is 63.4 Å². The minimum absolute atomic E-state index is 0.0230. The van der Waals surface area contributed by atoms with Gasteiger partial charge in [0.1, 0.15) is 0 Å². The van der Waals surface area contributed by atoms with Gasteiger partial charge in [0, 0.05) is 69.2 Å². The zero-order valence-electron chi connectivity index (χ0n) is 23.8. The van der Waals surface area contributed by atoms with Crippen molar-refractivity contribution in [2.24, 2.45) is 0 Å². The van der Waals surface area contributed by atoms with Gasteiger partial charge < -0.3 is 10.4 Å². The van der Waals surface area contributed by atoms with Crippen LogP contribution in [0, 0.1) is 0 Å². The number of aromatic nitrogens is 1. The lowest BCUT2D eigenvalue weighted by Gasteiger charge is -2.41. The summed E-state index contributed by atoms with van der Waals surface area (Å²) >= 11 is 0. The first-order chi connectivity index (χ1) is 20.2. The number of hydrogen-bond acceptors (Lipinski definition) is 5. The maximum atomic E-state index is 13.2. The normalized spacial score (nSPS) is 17.3. The summed E-state index contributed by atoms with van der Waals surface area (Å²) in [6.45, 7) is 7.36. The number of nitrogens with one attached hydrogen (secondary N) is 1. The average molecular weight is 609 g/mol. The van der Waals surface area contributed by atoms with Crippen LogP contribution in [0.4, 0.5) is 26.3 Å². The third-order valence-electron chi connectivity index (χ3n) is 7.51. The Morgan fingerprint density at radius 1 is 0.860 bits per heavy atom. The van der Waals surface area contributed by atoms with E-state index in [1.807, 2.05) is 38.1 Å². The van der Waals surface area contributed by atoms with Crippen molar-refractivity contribution in [1.29, 1.82) is 0 Å². The van der Waals surface area contributed by atoms with Crippen molar-refractivity contribution in [1.82, 2.24) is 20.1 Å². The van der Waals surface area contributed by atoms with Gasteiger partial charge in [-0.1, -0.05) is 48.5 Å². The molecule has 0 spiro atoms. The molecule has 6 nitrogen and oxygen atoms in total. The summed E-state index contributed by atoms with van der Waals surface area (Å²) in [4.78, 5) is 21.3. The van der Waals surface area contributed by atoms with Gasteiger partial charge in [0.15, 0.2) is 0 Å². The van der Waals surface area contributed by atoms with Crippen LogP contribution in [0.5, 0.6) is 0 Å². The lowest BCUT2D eigenvalue weighted by molar-refractivity contribution is -0.376. The fourth-order valence-corrected chi connectivity index (χ4v) is 5.27. The Kier molecular flexibility index (Phi) is 9.83. The largest absolute Gasteiger partial charge is 0.430 e. The van der Waals surface area contributed by atoms with Crippen molar-refractivity contribution in [3.05, 3.63) is 89.7 Å². The molecule has 0 bridgehead atoms. The molecule has 1 saturated heterocycles. The monoisotopic (exact) mass is 608 g/mol. The minimum atomic E-state index is -5.94. The number of amides is 1. The van der Waals surface area contributed by atoms with Crippen molar-refractivity contribution in [3.8, 4) is 11.1 Å². The number of rotatable bonds is 9. The van der Waals surface area contributed by atoms with Crippen LogP contribution >= 0.6 is 0 Å². The molecule has 2 heterocycles. The van der Waals surface area contributed by atoms with Gasteiger partial charge >= 0.3 is 12.4 Å². The van der Waals surface area contributed by atoms with E-state index in [-0.39, 0.29) is 18.0 Å². The summed E-state index contributed by atoms with van der Waals surface area (Å²) in [6, 6.07) is 14.6. The van der Waals surface area contributed by atoms with Gasteiger partial charge in [0.05, 0.1) is 0 Å². The molecule has 3 aromatic rings. The molecule has 1 fully saturated rings. The predicted octanol–water partition coefficient (Wildman–Crippen LogP) is 5.66. The highest BCUT2D eigenvalue weighted by atomic mass is 19.4. The number of piperazine rings is 1. The Labute approximate surface area is 246 Å². The molecule has 1 amide bonds. The molecule has 43 heavy (non-hydrogen) atoms. The zero-order valence-corrected chi connectivity index (χ0v) is 23.8. The van der Waals surface area contributed by atoms with Gasteiger partial charge in [-0.3, -0.25) is 19.6 Å². The summed E-state index contributed by atoms with van der Waals surface area (Å²) in [7, 11) is 0. The van der Waals surface area contributed by atoms with Gasteiger partial charge in [-0.2, -0.15) is 26.3 Å². The van der Waals surface area contributed by atoms with E-state index in [1.54, 1.807) is 24.5 Å². The summed E-state index contributed by atoms with van der Waals surface area (Å²) < 4.78 is 79.3. The highest BCUT2D eigenvalue weighted by Gasteiger charge is 2.71. The van der Waals surface area contributed by atoms with E-state index in [0.29, 0.717) is 42.8 Å². The summed E-state index contributed by atoms with van der Waals surface area (Å²) in [6.07, 6.45) is -8.04. The first kappa shape index (κ1) is 32.4. The molecular weight excluding hydrogens is 574 g/mol. The Morgan fingerprint density at radius 2 is 1.40 bits per heavy atom. The van der Waals surface area contributed by atoms with Crippen LogP contribution in [-0.2, 0) is 23.5 Å². The van der Waals surface area contributed by atoms with E-state index in [1.165, 1.54) is 0 Å². The smallest absolute Gasteiger partial charge is 0.369 e. The summed E-state index contributed by atoms with van der Waals surface area (Å²) in [5, 5.41) is 12.6. The molecule has 2 N–H and O–H groups in total. The number of carbonyl (C=O) groups excluding carboxylic acids is 1. The van der Waals surface area contributed by atoms with E-state index in [4.69, 9.17) is 0 Å². The maximum Gasteiger partial charge on any atom is 0.430 e. The van der Waals surface area contributed by atoms with E-state index in [0.717, 1.165) is 42.9 Å². The molecule has 0 aliphatic carbocycles. The molecule has 1 atom stereocenters. The number of alkyl halides is 6. The first-order valence-electron chi connectivity index (χ1n) is 13.9. The topological polar surface area (TPSA) is 68.7 Å². The van der Waals surface area contributed by atoms with Crippen molar-refractivity contribution < 1.29 is 36.2 Å². The molecule has 232 valence electrons. The van der Waals surface area contributed by atoms with E-state index >= 15 is 0 Å². The molecule has 1 aromatic heterocycles. The maximum absolute atomic E-state index is 13.2. The second kappa shape index (κ2) is 13.0. The standard InChI is InChI=1S/C31H34F6N4O2/c1-21(2)39-28(42)17-27-20-40(18-23-11-13-38-14-12-23)15-16-41(27)19-22-3-5-24(6-4-22)25-7-9-26(10-8-25)29(43,30(32,33)34)31(35,36)37/h3-14,21,27,43H,15-20H2,1-2H3,(H,39,42)/t27-/m1/s1. The SMILES string of the molecule is CC(C)NC(=O)C[C@@H]1CN(Cc2ccncc2)CCN1Cc1ccc(-c2ccc(C(O)(C(F)(F)F)C(F)(F)F)cc2)cc1. The third kappa shape index (κ3) is 7.73. The second-order valence-electron chi connectivity index (χ2n) is 11.1. The van der Waals surface area contributed by atoms with E-state index in [2.05, 4.69) is 20.1 Å². The van der Waals surface area contributed by atoms with Crippen LogP contribution < -0.4 is 5.32 Å². The fraction of sp³-hybridized carbons (Fsp3) is 0.419. The summed E-state index contributed by atoms with van der Waals surface area (Å²) in [5.41, 5.74) is -3.20. The molecule has 1 aliphatic rings. The highest BCUT2D eigenvalue weighted by Crippen LogP contribution is 2.50. The molecule has 12 heteroatoms. The number of pyridine rings is 1. The molecule has 1 aliphatic heterocycles. The molecule has 4 rings (SSSR count). The van der Waals surface area contributed by atoms with Gasteiger partial charge in [-0.25, -0.2) is 0 Å². The summed E-state index contributed by atoms with van der Waals surface area (Å²) in [5.74, 6) is -0.0301. The van der Waals surface area contributed by atoms with Crippen LogP contribution in [-0.4, -0.2) is 69.9 Å². The predicted molar refractivity (Wildman–Crippen MR) is 149 cm³/mol. The molecule has 2 aromatic carbocycles. The van der Waals surface area contributed by atoms with Crippen LogP contribution in [0.15, 0.2) is 73.1 Å². The zero-order chi connectivity index (χ0) is 31.4. The Hall–Kier alpha value is -3.48. The Bertz CT molecular complexity index is 1330. The van der Waals surface area contributed by atoms with Crippen LogP contribution in [0.3, 0.4) is 0 Å². The van der Waals surface area contributed by atoms with Crippen molar-refractivity contribution >= 4 is 5.91 Å². The number of benzene rings is 2. The molecule has 0 unspecified atom stereocenters. The first-order valence-corrected chi connectivity index (χ1v) is 13.9.